The summed E-state index contributed by atoms with van der Waals surface area (Å²) < 4.78 is 119. The molecule has 0 aliphatic rings. The molecule has 13 unspecified atom stereocenters. The minimum absolute atomic E-state index is 0.592. The van der Waals surface area contributed by atoms with Crippen LogP contribution >= 0.6 is 0 Å². The molecule has 0 bridgehead atoms. The summed E-state index contributed by atoms with van der Waals surface area (Å²) >= 11 is 0. The second kappa shape index (κ2) is 25.6. The lowest BCUT2D eigenvalue weighted by molar-refractivity contribution is -0.131. The molecule has 0 rings (SSSR count). The molecular formula is C40H81F3O14Si13. The van der Waals surface area contributed by atoms with Gasteiger partial charge in [-0.2, -0.15) is 13.2 Å². The molecule has 2 N–H and O–H groups in total. The van der Waals surface area contributed by atoms with E-state index in [4.69, 9.17) is 49.4 Å². The molecule has 70 heavy (non-hydrogen) atoms. The molecular weight excluding hydrogens is 1130 g/mol. The predicted octanol–water partition coefficient (Wildman–Crippen LogP) is 10.8. The van der Waals surface area contributed by atoms with Crippen LogP contribution in [-0.4, -0.2) is 127 Å². The van der Waals surface area contributed by atoms with Gasteiger partial charge in [-0.15, -0.1) is 78.9 Å². The Bertz CT molecular complexity index is 1960. The summed E-state index contributed by atoms with van der Waals surface area (Å²) in [4.78, 5) is 21.7. The second-order valence-electron chi connectivity index (χ2n) is 18.2. The van der Waals surface area contributed by atoms with Gasteiger partial charge in [-0.25, -0.2) is 0 Å². The zero-order valence-corrected chi connectivity index (χ0v) is 56.8. The molecule has 398 valence electrons. The van der Waals surface area contributed by atoms with E-state index in [1.807, 2.05) is 0 Å². The first-order chi connectivity index (χ1) is 31.4. The molecule has 0 fully saturated rings. The summed E-state index contributed by atoms with van der Waals surface area (Å²) in [5.74, 6) is 0. The minimum atomic E-state index is -4.48. The topological polar surface area (TPSA) is 151 Å². The summed E-state index contributed by atoms with van der Waals surface area (Å²) in [6, 6.07) is -0.592. The van der Waals surface area contributed by atoms with Crippen molar-refractivity contribution in [3.63, 3.8) is 0 Å². The van der Waals surface area contributed by atoms with E-state index >= 15 is 0 Å². The van der Waals surface area contributed by atoms with Crippen molar-refractivity contribution in [2.24, 2.45) is 0 Å². The van der Waals surface area contributed by atoms with Gasteiger partial charge in [0.05, 0.1) is 0 Å². The van der Waals surface area contributed by atoms with Crippen molar-refractivity contribution in [1.29, 1.82) is 0 Å². The third-order valence-corrected chi connectivity index (χ3v) is 59.4. The first-order valence-electron chi connectivity index (χ1n) is 22.0. The van der Waals surface area contributed by atoms with Crippen LogP contribution in [0.25, 0.3) is 0 Å². The van der Waals surface area contributed by atoms with Gasteiger partial charge in [-0.3, -0.25) is 0 Å². The van der Waals surface area contributed by atoms with E-state index in [1.54, 1.807) is 124 Å². The molecule has 0 aromatic heterocycles. The van der Waals surface area contributed by atoms with Crippen molar-refractivity contribution in [2.75, 3.05) is 0 Å². The molecule has 13 atom stereocenters. The van der Waals surface area contributed by atoms with Crippen LogP contribution in [0, 0.1) is 0 Å². The lowest BCUT2D eigenvalue weighted by Crippen LogP contribution is -2.64. The third-order valence-electron chi connectivity index (χ3n) is 10.2. The molecule has 0 heterocycles. The average molecular weight is 1210 g/mol. The highest BCUT2D eigenvalue weighted by molar-refractivity contribution is 6.99. The SMILES string of the molecule is C=C[Si](C)(O)O[Si](C)(C=C)O[Si](C)(C=C)O[Si](C)(C=C)O[Si](C)(C=C)O[Si](C)(C=C)O[Si](C)(C=C)O[Si](C)(C=C)O[Si](C)(C=C)O[Si](C)(C=C)O[Si](C)(C=C)O[Si](C)(C=C)O[Si](C)(O)CCC(F)(F)F. The number of rotatable bonds is 38. The van der Waals surface area contributed by atoms with Crippen LogP contribution in [0.2, 0.25) is 91.2 Å². The molecule has 0 saturated carbocycles. The quantitative estimate of drug-likeness (QED) is 0.0564. The zero-order chi connectivity index (χ0) is 55.4. The third kappa shape index (κ3) is 22.4. The second-order valence-corrected chi connectivity index (χ2v) is 60.2. The van der Waals surface area contributed by atoms with Crippen molar-refractivity contribution in [2.45, 2.75) is 104 Å². The molecule has 0 aromatic rings. The Hall–Kier alpha value is -1.07. The van der Waals surface area contributed by atoms with Crippen LogP contribution in [0.15, 0.2) is 147 Å². The summed E-state index contributed by atoms with van der Waals surface area (Å²) in [6.45, 7) is 69.9. The van der Waals surface area contributed by atoms with Crippen LogP contribution in [0.5, 0.6) is 0 Å². The first kappa shape index (κ1) is 68.9. The number of halogens is 3. The smallest absolute Gasteiger partial charge is 0.389 e. The molecule has 0 aliphatic carbocycles. The molecule has 0 amide bonds. The normalized spacial score (nSPS) is 23.4. The first-order valence-corrected chi connectivity index (χ1v) is 53.3. The highest BCUT2D eigenvalue weighted by Crippen LogP contribution is 2.35. The summed E-state index contributed by atoms with van der Waals surface area (Å²) in [6.07, 6.45) is -5.69. The maximum Gasteiger partial charge on any atom is 0.389 e. The van der Waals surface area contributed by atoms with E-state index in [9.17, 15) is 22.8 Å². The van der Waals surface area contributed by atoms with Crippen molar-refractivity contribution < 1.29 is 72.1 Å². The minimum Gasteiger partial charge on any atom is -0.412 e. The molecule has 0 saturated heterocycles. The molecule has 0 aromatic carbocycles. The average Bonchev–Trinajstić information content (AvgIpc) is 3.24. The molecule has 0 spiro atoms. The van der Waals surface area contributed by atoms with Gasteiger partial charge in [0.1, 0.15) is 0 Å². The maximum absolute atomic E-state index is 13.1. The number of alkyl halides is 3. The fourth-order valence-electron chi connectivity index (χ4n) is 6.48. The van der Waals surface area contributed by atoms with Crippen molar-refractivity contribution in [3.05, 3.63) is 147 Å². The fourth-order valence-corrected chi connectivity index (χ4v) is 60.2. The van der Waals surface area contributed by atoms with Gasteiger partial charge in [-0.1, -0.05) is 68.4 Å². The lowest BCUT2D eigenvalue weighted by Gasteiger charge is -2.45. The molecule has 0 aliphatic heterocycles. The zero-order valence-electron chi connectivity index (χ0n) is 43.8. The largest absolute Gasteiger partial charge is 0.412 e. The Morgan fingerprint density at radius 2 is 0.457 bits per heavy atom. The van der Waals surface area contributed by atoms with Gasteiger partial charge in [-0.05, 0) is 91.2 Å². The Kier molecular flexibility index (Phi) is 25.3. The van der Waals surface area contributed by atoms with Crippen LogP contribution in [0.4, 0.5) is 13.2 Å². The van der Waals surface area contributed by atoms with E-state index in [0.29, 0.717) is 0 Å². The predicted molar refractivity (Wildman–Crippen MR) is 306 cm³/mol. The van der Waals surface area contributed by atoms with E-state index in [1.165, 1.54) is 29.3 Å². The maximum atomic E-state index is 13.1. The van der Waals surface area contributed by atoms with Crippen molar-refractivity contribution in [3.8, 4) is 0 Å². The standard InChI is InChI=1S/C40H81F3O14Si13/c1-26-58(13,44)46-60(15,27-2)48-62(17,29-4)50-64(19,31-6)52-66(21,33-8)54-68(23,35-10)56-70(25,37-12)57-69(24,36-11)55-67(22,34-9)53-65(20,32-7)51-63(18,30-5)49-61(16,28-3)47-59(14,45)39-38-40(41,42)43/h26-37,44-45H,1-12,38-39H2,13-25H3. The number of hydrogen-bond donors (Lipinski definition) is 2. The van der Waals surface area contributed by atoms with Crippen LogP contribution in [-0.2, 0) is 49.4 Å². The van der Waals surface area contributed by atoms with Gasteiger partial charge in [0.15, 0.2) is 0 Å². The van der Waals surface area contributed by atoms with Crippen LogP contribution < -0.4 is 0 Å². The Morgan fingerprint density at radius 3 is 0.600 bits per heavy atom. The Morgan fingerprint density at radius 1 is 0.300 bits per heavy atom. The monoisotopic (exact) mass is 1210 g/mol. The van der Waals surface area contributed by atoms with Crippen molar-refractivity contribution in [1.82, 2.24) is 0 Å². The Labute approximate surface area is 431 Å². The van der Waals surface area contributed by atoms with E-state index in [2.05, 4.69) is 78.9 Å². The van der Waals surface area contributed by atoms with Gasteiger partial charge < -0.3 is 59.0 Å². The fraction of sp³-hybridized carbons (Fsp3) is 0.400. The summed E-state index contributed by atoms with van der Waals surface area (Å²) in [5.41, 5.74) is 18.5. The lowest BCUT2D eigenvalue weighted by atomic mass is 10.5. The summed E-state index contributed by atoms with van der Waals surface area (Å²) in [5, 5.41) is 0. The molecule has 30 heteroatoms. The van der Waals surface area contributed by atoms with Crippen LogP contribution in [0.1, 0.15) is 6.42 Å². The van der Waals surface area contributed by atoms with Crippen molar-refractivity contribution >= 4 is 111 Å². The molecule has 0 radical (unpaired) electrons. The van der Waals surface area contributed by atoms with Gasteiger partial charge in [0, 0.05) is 6.42 Å². The van der Waals surface area contributed by atoms with Gasteiger partial charge in [0.2, 0.25) is 0 Å². The van der Waals surface area contributed by atoms with Gasteiger partial charge in [0.25, 0.3) is 0 Å². The highest BCUT2D eigenvalue weighted by Gasteiger charge is 2.56. The highest BCUT2D eigenvalue weighted by atomic mass is 28.5. The Balaban J connectivity index is 6.75. The number of hydrogen-bond acceptors (Lipinski definition) is 14. The van der Waals surface area contributed by atoms with E-state index in [0.717, 1.165) is 0 Å². The van der Waals surface area contributed by atoms with E-state index < -0.39 is 130 Å². The van der Waals surface area contributed by atoms with E-state index in [-0.39, 0.29) is 0 Å². The van der Waals surface area contributed by atoms with Gasteiger partial charge >= 0.3 is 117 Å². The van der Waals surface area contributed by atoms with Crippen LogP contribution in [0.3, 0.4) is 0 Å². The molecule has 14 nitrogen and oxygen atoms in total. The summed E-state index contributed by atoms with van der Waals surface area (Å²) in [7, 11) is -45.4.